The van der Waals surface area contributed by atoms with Gasteiger partial charge in [-0.1, -0.05) is 6.42 Å². The van der Waals surface area contributed by atoms with Crippen molar-refractivity contribution in [1.82, 2.24) is 0 Å². The zero-order valence-corrected chi connectivity index (χ0v) is 10.7. The minimum absolute atomic E-state index is 0.0238. The summed E-state index contributed by atoms with van der Waals surface area (Å²) in [5.74, 6) is 0.655. The molecule has 0 radical (unpaired) electrons. The van der Waals surface area contributed by atoms with E-state index in [0.29, 0.717) is 17.7 Å². The standard InChI is InChI=1S/C15H18O3/c1-10-7-11(16)14-12(17)9-15(18-13(14)8-10)5-3-2-4-6-15/h7-8,16H,2-6,9H2,1H3. The van der Waals surface area contributed by atoms with Crippen molar-refractivity contribution in [3.8, 4) is 11.5 Å². The molecule has 1 heterocycles. The van der Waals surface area contributed by atoms with E-state index in [1.165, 1.54) is 6.42 Å². The molecule has 0 saturated heterocycles. The van der Waals surface area contributed by atoms with Gasteiger partial charge in [0, 0.05) is 0 Å². The van der Waals surface area contributed by atoms with Crippen molar-refractivity contribution < 1.29 is 14.6 Å². The summed E-state index contributed by atoms with van der Waals surface area (Å²) in [7, 11) is 0. The van der Waals surface area contributed by atoms with Crippen LogP contribution in [0.3, 0.4) is 0 Å². The van der Waals surface area contributed by atoms with E-state index in [2.05, 4.69) is 0 Å². The second kappa shape index (κ2) is 4.01. The molecule has 1 aromatic rings. The van der Waals surface area contributed by atoms with Crippen LogP contribution in [0.15, 0.2) is 12.1 Å². The number of Topliss-reactive ketones (excluding diaryl/α,β-unsaturated/α-hetero) is 1. The Morgan fingerprint density at radius 1 is 1.22 bits per heavy atom. The molecule has 1 aliphatic carbocycles. The van der Waals surface area contributed by atoms with Gasteiger partial charge in [0.05, 0.1) is 6.42 Å². The lowest BCUT2D eigenvalue weighted by Gasteiger charge is -2.40. The lowest BCUT2D eigenvalue weighted by atomic mass is 9.78. The van der Waals surface area contributed by atoms with Crippen molar-refractivity contribution in [3.05, 3.63) is 23.3 Å². The van der Waals surface area contributed by atoms with Gasteiger partial charge in [-0.3, -0.25) is 4.79 Å². The number of hydrogen-bond acceptors (Lipinski definition) is 3. The summed E-state index contributed by atoms with van der Waals surface area (Å²) >= 11 is 0. The maximum atomic E-state index is 12.3. The van der Waals surface area contributed by atoms with Crippen molar-refractivity contribution in [3.63, 3.8) is 0 Å². The molecular formula is C15H18O3. The summed E-state index contributed by atoms with van der Waals surface area (Å²) in [5, 5.41) is 9.89. The largest absolute Gasteiger partial charge is 0.507 e. The summed E-state index contributed by atoms with van der Waals surface area (Å²) in [4.78, 5) is 12.3. The molecule has 18 heavy (non-hydrogen) atoms. The molecule has 3 rings (SSSR count). The molecule has 1 aromatic carbocycles. The second-order valence-corrected chi connectivity index (χ2v) is 5.60. The molecule has 0 aromatic heterocycles. The third kappa shape index (κ3) is 1.78. The van der Waals surface area contributed by atoms with Crippen LogP contribution in [0.5, 0.6) is 11.5 Å². The minimum atomic E-state index is -0.303. The molecule has 1 fully saturated rings. The van der Waals surface area contributed by atoms with Gasteiger partial charge in [0.2, 0.25) is 0 Å². The number of phenolic OH excluding ortho intramolecular Hbond substituents is 1. The highest BCUT2D eigenvalue weighted by Crippen LogP contribution is 2.44. The monoisotopic (exact) mass is 246 g/mol. The van der Waals surface area contributed by atoms with Gasteiger partial charge >= 0.3 is 0 Å². The third-order valence-corrected chi connectivity index (χ3v) is 4.08. The first-order valence-corrected chi connectivity index (χ1v) is 6.65. The number of carbonyl (C=O) groups is 1. The quantitative estimate of drug-likeness (QED) is 0.763. The Hall–Kier alpha value is -1.51. The fraction of sp³-hybridized carbons (Fsp3) is 0.533. The molecule has 0 amide bonds. The maximum absolute atomic E-state index is 12.3. The topological polar surface area (TPSA) is 46.5 Å². The number of phenols is 1. The number of rotatable bonds is 0. The van der Waals surface area contributed by atoms with E-state index in [1.54, 1.807) is 6.07 Å². The van der Waals surface area contributed by atoms with E-state index in [9.17, 15) is 9.90 Å². The molecule has 3 nitrogen and oxygen atoms in total. The lowest BCUT2D eigenvalue weighted by molar-refractivity contribution is 0.0132. The molecule has 1 aliphatic heterocycles. The van der Waals surface area contributed by atoms with Crippen molar-refractivity contribution in [2.75, 3.05) is 0 Å². The van der Waals surface area contributed by atoms with Crippen LogP contribution in [0, 0.1) is 6.92 Å². The van der Waals surface area contributed by atoms with E-state index in [4.69, 9.17) is 4.74 Å². The van der Waals surface area contributed by atoms with Crippen molar-refractivity contribution >= 4 is 5.78 Å². The molecule has 1 N–H and O–H groups in total. The van der Waals surface area contributed by atoms with Gasteiger partial charge in [-0.05, 0) is 50.3 Å². The summed E-state index contributed by atoms with van der Waals surface area (Å²) in [5.41, 5.74) is 0.992. The van der Waals surface area contributed by atoms with Crippen LogP contribution >= 0.6 is 0 Å². The van der Waals surface area contributed by atoms with E-state index in [-0.39, 0.29) is 17.1 Å². The summed E-state index contributed by atoms with van der Waals surface area (Å²) < 4.78 is 6.11. The van der Waals surface area contributed by atoms with Gasteiger partial charge in [0.1, 0.15) is 22.7 Å². The first-order valence-electron chi connectivity index (χ1n) is 6.65. The fourth-order valence-electron chi connectivity index (χ4n) is 3.22. The lowest BCUT2D eigenvalue weighted by Crippen LogP contribution is -2.43. The molecule has 0 bridgehead atoms. The van der Waals surface area contributed by atoms with Gasteiger partial charge < -0.3 is 9.84 Å². The van der Waals surface area contributed by atoms with E-state index >= 15 is 0 Å². The van der Waals surface area contributed by atoms with Crippen LogP contribution < -0.4 is 4.74 Å². The maximum Gasteiger partial charge on any atom is 0.174 e. The predicted octanol–water partition coefficient (Wildman–Crippen LogP) is 3.37. The van der Waals surface area contributed by atoms with Gasteiger partial charge in [0.15, 0.2) is 5.78 Å². The summed E-state index contributed by atoms with van der Waals surface area (Å²) in [6.07, 6.45) is 5.79. The highest BCUT2D eigenvalue weighted by molar-refractivity contribution is 6.02. The highest BCUT2D eigenvalue weighted by atomic mass is 16.5. The van der Waals surface area contributed by atoms with E-state index in [1.807, 2.05) is 13.0 Å². The molecular weight excluding hydrogens is 228 g/mol. The Labute approximate surface area is 107 Å². The average Bonchev–Trinajstić information content (AvgIpc) is 2.27. The van der Waals surface area contributed by atoms with Crippen LogP contribution in [-0.2, 0) is 0 Å². The molecule has 96 valence electrons. The minimum Gasteiger partial charge on any atom is -0.507 e. The number of carbonyl (C=O) groups excluding carboxylic acids is 1. The summed E-state index contributed by atoms with van der Waals surface area (Å²) in [6, 6.07) is 3.49. The van der Waals surface area contributed by atoms with Crippen molar-refractivity contribution in [2.45, 2.75) is 51.0 Å². The zero-order chi connectivity index (χ0) is 12.8. The number of hydrogen-bond donors (Lipinski definition) is 1. The van der Waals surface area contributed by atoms with Gasteiger partial charge in [-0.25, -0.2) is 0 Å². The second-order valence-electron chi connectivity index (χ2n) is 5.60. The smallest absolute Gasteiger partial charge is 0.174 e. The van der Waals surface area contributed by atoms with Crippen LogP contribution in [0.25, 0.3) is 0 Å². The fourth-order valence-corrected chi connectivity index (χ4v) is 3.22. The molecule has 0 atom stereocenters. The molecule has 0 unspecified atom stereocenters. The Kier molecular flexibility index (Phi) is 2.58. The predicted molar refractivity (Wildman–Crippen MR) is 68.2 cm³/mol. The number of ketones is 1. The summed E-state index contributed by atoms with van der Waals surface area (Å²) in [6.45, 7) is 1.90. The van der Waals surface area contributed by atoms with Crippen LogP contribution in [-0.4, -0.2) is 16.5 Å². The van der Waals surface area contributed by atoms with Gasteiger partial charge in [0.25, 0.3) is 0 Å². The number of aryl methyl sites for hydroxylation is 1. The van der Waals surface area contributed by atoms with Crippen molar-refractivity contribution in [1.29, 1.82) is 0 Å². The number of fused-ring (bicyclic) bond motifs is 1. The first-order chi connectivity index (χ1) is 8.60. The van der Waals surface area contributed by atoms with Crippen molar-refractivity contribution in [2.24, 2.45) is 0 Å². The molecule has 1 spiro atoms. The Morgan fingerprint density at radius 3 is 2.67 bits per heavy atom. The Balaban J connectivity index is 2.03. The van der Waals surface area contributed by atoms with Gasteiger partial charge in [-0.2, -0.15) is 0 Å². The van der Waals surface area contributed by atoms with E-state index in [0.717, 1.165) is 31.2 Å². The van der Waals surface area contributed by atoms with Crippen LogP contribution in [0.2, 0.25) is 0 Å². The average molecular weight is 246 g/mol. The first kappa shape index (κ1) is 11.6. The number of ether oxygens (including phenoxy) is 1. The highest BCUT2D eigenvalue weighted by Gasteiger charge is 2.42. The molecule has 2 aliphatic rings. The van der Waals surface area contributed by atoms with Crippen LogP contribution in [0.4, 0.5) is 0 Å². The zero-order valence-electron chi connectivity index (χ0n) is 10.7. The normalized spacial score (nSPS) is 21.5. The van der Waals surface area contributed by atoms with E-state index < -0.39 is 0 Å². The Bertz CT molecular complexity index is 499. The van der Waals surface area contributed by atoms with Gasteiger partial charge in [-0.15, -0.1) is 0 Å². The number of aromatic hydroxyl groups is 1. The molecule has 1 saturated carbocycles. The van der Waals surface area contributed by atoms with Crippen LogP contribution in [0.1, 0.15) is 54.4 Å². The SMILES string of the molecule is Cc1cc(O)c2c(c1)OC1(CCCCC1)CC2=O. The third-order valence-electron chi connectivity index (χ3n) is 4.08. The Morgan fingerprint density at radius 2 is 1.94 bits per heavy atom. The number of benzene rings is 1. The molecule has 3 heteroatoms.